The molecule has 0 spiro atoms. The Balaban J connectivity index is 3.45. The van der Waals surface area contributed by atoms with Gasteiger partial charge in [-0.25, -0.2) is 0 Å². The highest BCUT2D eigenvalue weighted by Crippen LogP contribution is 2.01. The summed E-state index contributed by atoms with van der Waals surface area (Å²) in [6, 6.07) is 0.249. The summed E-state index contributed by atoms with van der Waals surface area (Å²) in [6.07, 6.45) is 0. The van der Waals surface area contributed by atoms with E-state index in [4.69, 9.17) is 16.2 Å². The molecule has 1 unspecified atom stereocenters. The van der Waals surface area contributed by atoms with Gasteiger partial charge in [0.15, 0.2) is 0 Å². The van der Waals surface area contributed by atoms with Crippen molar-refractivity contribution >= 4 is 0 Å². The van der Waals surface area contributed by atoms with Crippen molar-refractivity contribution in [2.24, 2.45) is 23.3 Å². The Kier molecular flexibility index (Phi) is 6.29. The molecule has 0 aromatic heterocycles. The summed E-state index contributed by atoms with van der Waals surface area (Å²) in [4.78, 5) is 0. The molecule has 80 valence electrons. The summed E-state index contributed by atoms with van der Waals surface area (Å²) < 4.78 is 5.43. The molecular weight excluding hydrogens is 164 g/mol. The fraction of sp³-hybridized carbons (Fsp3) is 1.00. The first-order valence-electron chi connectivity index (χ1n) is 5.04. The zero-order valence-corrected chi connectivity index (χ0v) is 9.29. The number of hydrogen-bond acceptors (Lipinski definition) is 3. The molecule has 2 atom stereocenters. The van der Waals surface area contributed by atoms with Crippen LogP contribution in [0.15, 0.2) is 0 Å². The first-order chi connectivity index (χ1) is 5.95. The molecule has 0 amide bonds. The van der Waals surface area contributed by atoms with E-state index in [-0.39, 0.29) is 12.1 Å². The molecule has 13 heavy (non-hydrogen) atoms. The molecule has 0 aliphatic rings. The van der Waals surface area contributed by atoms with Crippen LogP contribution in [-0.4, -0.2) is 25.3 Å². The molecule has 0 bridgehead atoms. The predicted octanol–water partition coefficient (Wildman–Crippen LogP) is 0.970. The van der Waals surface area contributed by atoms with E-state index >= 15 is 0 Å². The summed E-state index contributed by atoms with van der Waals surface area (Å²) >= 11 is 0. The second-order valence-electron chi connectivity index (χ2n) is 4.35. The maximum Gasteiger partial charge on any atom is 0.0620 e. The van der Waals surface area contributed by atoms with Gasteiger partial charge >= 0.3 is 0 Å². The highest BCUT2D eigenvalue weighted by molar-refractivity contribution is 4.67. The normalized spacial score (nSPS) is 16.6. The lowest BCUT2D eigenvalue weighted by molar-refractivity contribution is 0.0895. The van der Waals surface area contributed by atoms with Gasteiger partial charge in [0.2, 0.25) is 0 Å². The molecule has 0 heterocycles. The summed E-state index contributed by atoms with van der Waals surface area (Å²) in [5, 5.41) is 0. The van der Waals surface area contributed by atoms with Crippen molar-refractivity contribution in [3.63, 3.8) is 0 Å². The van der Waals surface area contributed by atoms with Gasteiger partial charge in [-0.15, -0.1) is 0 Å². The largest absolute Gasteiger partial charge is 0.378 e. The third-order valence-electron chi connectivity index (χ3n) is 2.33. The van der Waals surface area contributed by atoms with Gasteiger partial charge in [-0.05, 0) is 11.8 Å². The lowest BCUT2D eigenvalue weighted by atomic mass is 10.1. The molecule has 3 nitrogen and oxygen atoms in total. The van der Waals surface area contributed by atoms with Crippen molar-refractivity contribution in [2.45, 2.75) is 39.8 Å². The zero-order chi connectivity index (χ0) is 10.4. The molecule has 0 saturated heterocycles. The Labute approximate surface area is 81.8 Å². The Morgan fingerprint density at radius 2 is 1.15 bits per heavy atom. The van der Waals surface area contributed by atoms with Crippen LogP contribution in [0.25, 0.3) is 0 Å². The average Bonchev–Trinajstić information content (AvgIpc) is 2.03. The summed E-state index contributed by atoms with van der Waals surface area (Å²) in [5.41, 5.74) is 11.6. The van der Waals surface area contributed by atoms with Crippen LogP contribution >= 0.6 is 0 Å². The van der Waals surface area contributed by atoms with E-state index in [0.717, 1.165) is 0 Å². The average molecular weight is 188 g/mol. The zero-order valence-electron chi connectivity index (χ0n) is 9.29. The van der Waals surface area contributed by atoms with Crippen molar-refractivity contribution in [3.05, 3.63) is 0 Å². The van der Waals surface area contributed by atoms with Crippen LogP contribution in [0.1, 0.15) is 27.7 Å². The second kappa shape index (κ2) is 6.35. The van der Waals surface area contributed by atoms with Gasteiger partial charge in [-0.3, -0.25) is 0 Å². The molecular formula is C10H24N2O. The molecule has 3 heteroatoms. The minimum Gasteiger partial charge on any atom is -0.378 e. The fourth-order valence-corrected chi connectivity index (χ4v) is 0.725. The monoisotopic (exact) mass is 188 g/mol. The van der Waals surface area contributed by atoms with Gasteiger partial charge in [0.1, 0.15) is 0 Å². The van der Waals surface area contributed by atoms with Gasteiger partial charge in [0.05, 0.1) is 13.2 Å². The van der Waals surface area contributed by atoms with E-state index in [2.05, 4.69) is 27.7 Å². The number of nitrogens with two attached hydrogens (primary N) is 2. The highest BCUT2D eigenvalue weighted by atomic mass is 16.5. The van der Waals surface area contributed by atoms with Crippen molar-refractivity contribution in [3.8, 4) is 0 Å². The number of hydrogen-bond donors (Lipinski definition) is 2. The third-order valence-corrected chi connectivity index (χ3v) is 2.33. The Morgan fingerprint density at radius 3 is 1.38 bits per heavy atom. The van der Waals surface area contributed by atoms with Crippen molar-refractivity contribution in [1.82, 2.24) is 0 Å². The fourth-order valence-electron chi connectivity index (χ4n) is 0.725. The second-order valence-corrected chi connectivity index (χ2v) is 4.35. The van der Waals surface area contributed by atoms with Crippen molar-refractivity contribution < 1.29 is 4.74 Å². The van der Waals surface area contributed by atoms with Crippen LogP contribution in [0.5, 0.6) is 0 Å². The van der Waals surface area contributed by atoms with E-state index < -0.39 is 0 Å². The smallest absolute Gasteiger partial charge is 0.0620 e. The van der Waals surface area contributed by atoms with Crippen LogP contribution in [-0.2, 0) is 4.74 Å². The van der Waals surface area contributed by atoms with Gasteiger partial charge in [-0.2, -0.15) is 0 Å². The lowest BCUT2D eigenvalue weighted by Gasteiger charge is -2.19. The number of ether oxygens (including phenoxy) is 1. The molecule has 0 aromatic rings. The van der Waals surface area contributed by atoms with Crippen LogP contribution in [0.3, 0.4) is 0 Å². The minimum absolute atomic E-state index is 0.124. The van der Waals surface area contributed by atoms with Crippen molar-refractivity contribution in [1.29, 1.82) is 0 Å². The minimum atomic E-state index is 0.124. The van der Waals surface area contributed by atoms with Crippen LogP contribution in [0.4, 0.5) is 0 Å². The van der Waals surface area contributed by atoms with Crippen molar-refractivity contribution in [2.75, 3.05) is 13.2 Å². The molecule has 0 fully saturated rings. The first kappa shape index (κ1) is 12.9. The van der Waals surface area contributed by atoms with E-state index in [0.29, 0.717) is 25.0 Å². The van der Waals surface area contributed by atoms with Crippen LogP contribution in [0, 0.1) is 11.8 Å². The van der Waals surface area contributed by atoms with Gasteiger partial charge < -0.3 is 16.2 Å². The molecule has 0 aromatic carbocycles. The maximum atomic E-state index is 5.81. The Morgan fingerprint density at radius 1 is 0.846 bits per heavy atom. The summed E-state index contributed by atoms with van der Waals surface area (Å²) in [6.45, 7) is 9.59. The Bertz CT molecular complexity index is 112. The van der Waals surface area contributed by atoms with E-state index in [9.17, 15) is 0 Å². The number of rotatable bonds is 6. The molecule has 0 aliphatic heterocycles. The molecule has 0 aliphatic carbocycles. The van der Waals surface area contributed by atoms with Gasteiger partial charge in [0, 0.05) is 12.1 Å². The quantitative estimate of drug-likeness (QED) is 0.653. The topological polar surface area (TPSA) is 61.3 Å². The maximum absolute atomic E-state index is 5.81. The standard InChI is InChI=1S/C10H24N2O/c1-7(2)9(11)5-13-6-10(12)8(3)4/h7-10H,5-6,11-12H2,1-4H3/t9-,10?/m1/s1. The SMILES string of the molecule is CC(C)C(N)COC[C@@H](N)C(C)C. The van der Waals surface area contributed by atoms with E-state index in [1.165, 1.54) is 0 Å². The highest BCUT2D eigenvalue weighted by Gasteiger charge is 2.10. The van der Waals surface area contributed by atoms with Gasteiger partial charge in [0.25, 0.3) is 0 Å². The first-order valence-corrected chi connectivity index (χ1v) is 5.04. The van der Waals surface area contributed by atoms with E-state index in [1.54, 1.807) is 0 Å². The Hall–Kier alpha value is -0.120. The lowest BCUT2D eigenvalue weighted by Crippen LogP contribution is -2.36. The summed E-state index contributed by atoms with van der Waals surface area (Å²) in [5.74, 6) is 0.936. The van der Waals surface area contributed by atoms with Crippen LogP contribution < -0.4 is 11.5 Å². The molecule has 4 N–H and O–H groups in total. The van der Waals surface area contributed by atoms with Gasteiger partial charge in [-0.1, -0.05) is 27.7 Å². The predicted molar refractivity (Wildman–Crippen MR) is 56.4 cm³/mol. The molecule has 0 rings (SSSR count). The third kappa shape index (κ3) is 6.02. The molecule has 0 saturated carbocycles. The van der Waals surface area contributed by atoms with Crippen LogP contribution in [0.2, 0.25) is 0 Å². The summed E-state index contributed by atoms with van der Waals surface area (Å²) in [7, 11) is 0. The molecule has 0 radical (unpaired) electrons. The van der Waals surface area contributed by atoms with E-state index in [1.807, 2.05) is 0 Å².